The number of nitrogens with zero attached hydrogens (tertiary/aromatic N) is 1. The van der Waals surface area contributed by atoms with Crippen molar-refractivity contribution in [2.24, 2.45) is 4.99 Å². The number of nitrogens with one attached hydrogen (secondary N) is 1. The van der Waals surface area contributed by atoms with Crippen LogP contribution in [0.5, 0.6) is 0 Å². The van der Waals surface area contributed by atoms with Gasteiger partial charge in [-0.3, -0.25) is 4.99 Å². The lowest BCUT2D eigenvalue weighted by Crippen LogP contribution is -1.93. The largest absolute Gasteiger partial charge is 0.355 e. The number of para-hydroxylation sites is 1. The molecular weight excluding hydrogens is 280 g/mol. The molecule has 0 bridgehead atoms. The first-order valence-corrected chi connectivity index (χ1v) is 7.76. The zero-order valence-corrected chi connectivity index (χ0v) is 13.5. The van der Waals surface area contributed by atoms with E-state index in [-0.39, 0.29) is 0 Å². The fourth-order valence-electron chi connectivity index (χ4n) is 2.43. The van der Waals surface area contributed by atoms with E-state index in [1.54, 1.807) is 0 Å². The molecule has 2 heteroatoms. The third-order valence-corrected chi connectivity index (χ3v) is 3.78. The molecule has 0 aliphatic rings. The Bertz CT molecular complexity index is 803. The summed E-state index contributed by atoms with van der Waals surface area (Å²) in [6.07, 6.45) is 0. The number of aliphatic imine (C=N–C) groups is 1. The Morgan fingerprint density at radius 3 is 2.13 bits per heavy atom. The maximum Gasteiger partial charge on any atom is 0.0634 e. The fraction of sp³-hybridized carbons (Fsp3) is 0.0952. The number of rotatable bonds is 4. The van der Waals surface area contributed by atoms with Gasteiger partial charge in [0.1, 0.15) is 0 Å². The lowest BCUT2D eigenvalue weighted by Gasteiger charge is -2.09. The molecule has 0 aliphatic carbocycles. The highest BCUT2D eigenvalue weighted by Gasteiger charge is 1.99. The van der Waals surface area contributed by atoms with E-state index in [2.05, 4.69) is 53.6 Å². The van der Waals surface area contributed by atoms with Crippen molar-refractivity contribution in [1.82, 2.24) is 0 Å². The maximum atomic E-state index is 4.68. The van der Waals surface area contributed by atoms with Crippen LogP contribution in [-0.4, -0.2) is 5.71 Å². The number of hydrogen-bond donors (Lipinski definition) is 1. The van der Waals surface area contributed by atoms with Crippen LogP contribution in [0, 0.1) is 6.92 Å². The maximum absolute atomic E-state index is 4.68. The first-order valence-electron chi connectivity index (χ1n) is 7.76. The molecule has 0 fully saturated rings. The van der Waals surface area contributed by atoms with E-state index in [4.69, 9.17) is 0 Å². The summed E-state index contributed by atoms with van der Waals surface area (Å²) >= 11 is 0. The lowest BCUT2D eigenvalue weighted by molar-refractivity contribution is 1.42. The molecule has 0 amide bonds. The van der Waals surface area contributed by atoms with Crippen molar-refractivity contribution in [2.45, 2.75) is 13.8 Å². The van der Waals surface area contributed by atoms with Gasteiger partial charge in [0.2, 0.25) is 0 Å². The van der Waals surface area contributed by atoms with Crippen molar-refractivity contribution in [1.29, 1.82) is 0 Å². The van der Waals surface area contributed by atoms with Gasteiger partial charge in [-0.2, -0.15) is 0 Å². The Morgan fingerprint density at radius 1 is 0.783 bits per heavy atom. The minimum Gasteiger partial charge on any atom is -0.355 e. The minimum absolute atomic E-state index is 0.960. The first kappa shape index (κ1) is 15.0. The van der Waals surface area contributed by atoms with Gasteiger partial charge >= 0.3 is 0 Å². The normalized spacial score (nSPS) is 11.3. The number of hydrogen-bond acceptors (Lipinski definition) is 2. The molecule has 0 aromatic heterocycles. The van der Waals surface area contributed by atoms with Crippen molar-refractivity contribution < 1.29 is 0 Å². The predicted octanol–water partition coefficient (Wildman–Crippen LogP) is 5.88. The van der Waals surface area contributed by atoms with Crippen LogP contribution in [0.25, 0.3) is 0 Å². The summed E-state index contributed by atoms with van der Waals surface area (Å²) in [5.74, 6) is 0. The van der Waals surface area contributed by atoms with E-state index < -0.39 is 0 Å². The van der Waals surface area contributed by atoms with Crippen LogP contribution in [0.4, 0.5) is 17.1 Å². The summed E-state index contributed by atoms with van der Waals surface area (Å²) < 4.78 is 0. The Morgan fingerprint density at radius 2 is 1.43 bits per heavy atom. The quantitative estimate of drug-likeness (QED) is 0.598. The molecule has 3 aromatic carbocycles. The fourth-order valence-corrected chi connectivity index (χ4v) is 2.43. The topological polar surface area (TPSA) is 24.4 Å². The molecule has 0 unspecified atom stereocenters. The third kappa shape index (κ3) is 3.86. The van der Waals surface area contributed by atoms with Crippen molar-refractivity contribution >= 4 is 22.8 Å². The van der Waals surface area contributed by atoms with E-state index in [0.29, 0.717) is 0 Å². The van der Waals surface area contributed by atoms with E-state index >= 15 is 0 Å². The number of anilines is 2. The molecule has 0 saturated carbocycles. The van der Waals surface area contributed by atoms with E-state index in [1.165, 1.54) is 5.56 Å². The van der Waals surface area contributed by atoms with Crippen LogP contribution < -0.4 is 5.32 Å². The third-order valence-electron chi connectivity index (χ3n) is 3.78. The number of aryl methyl sites for hydroxylation is 1. The van der Waals surface area contributed by atoms with E-state index in [1.807, 2.05) is 49.4 Å². The molecule has 0 atom stereocenters. The van der Waals surface area contributed by atoms with Crippen molar-refractivity contribution in [3.05, 3.63) is 90.0 Å². The highest BCUT2D eigenvalue weighted by molar-refractivity contribution is 6.00. The van der Waals surface area contributed by atoms with Gasteiger partial charge in [0.15, 0.2) is 0 Å². The minimum atomic E-state index is 0.960. The van der Waals surface area contributed by atoms with Gasteiger partial charge in [0, 0.05) is 17.1 Å². The molecule has 23 heavy (non-hydrogen) atoms. The first-order chi connectivity index (χ1) is 11.2. The Balaban J connectivity index is 1.76. The SMILES string of the molecule is CC(=Nc1ccc(Nc2ccccc2C)cc1)c1ccccc1. The summed E-state index contributed by atoms with van der Waals surface area (Å²) in [5, 5.41) is 3.44. The average molecular weight is 300 g/mol. The van der Waals surface area contributed by atoms with Crippen molar-refractivity contribution in [3.8, 4) is 0 Å². The van der Waals surface area contributed by atoms with Gasteiger partial charge in [-0.15, -0.1) is 0 Å². The average Bonchev–Trinajstić information content (AvgIpc) is 2.59. The molecule has 0 spiro atoms. The summed E-state index contributed by atoms with van der Waals surface area (Å²) in [7, 11) is 0. The molecule has 0 saturated heterocycles. The van der Waals surface area contributed by atoms with Gasteiger partial charge in [0.25, 0.3) is 0 Å². The van der Waals surface area contributed by atoms with E-state index in [0.717, 1.165) is 28.3 Å². The van der Waals surface area contributed by atoms with Crippen LogP contribution in [0.2, 0.25) is 0 Å². The second kappa shape index (κ2) is 6.93. The van der Waals surface area contributed by atoms with E-state index in [9.17, 15) is 0 Å². The molecule has 1 N–H and O–H groups in total. The van der Waals surface area contributed by atoms with Crippen LogP contribution in [0.1, 0.15) is 18.1 Å². The predicted molar refractivity (Wildman–Crippen MR) is 99.2 cm³/mol. The van der Waals surface area contributed by atoms with Crippen molar-refractivity contribution in [3.63, 3.8) is 0 Å². The Kier molecular flexibility index (Phi) is 4.53. The zero-order valence-electron chi connectivity index (χ0n) is 13.5. The zero-order chi connectivity index (χ0) is 16.1. The van der Waals surface area contributed by atoms with Gasteiger partial charge in [-0.25, -0.2) is 0 Å². The van der Waals surface area contributed by atoms with Gasteiger partial charge in [-0.05, 0) is 55.3 Å². The van der Waals surface area contributed by atoms with Crippen LogP contribution in [0.3, 0.4) is 0 Å². The summed E-state index contributed by atoms with van der Waals surface area (Å²) in [6.45, 7) is 4.14. The second-order valence-electron chi connectivity index (χ2n) is 5.55. The summed E-state index contributed by atoms with van der Waals surface area (Å²) in [5.41, 5.74) is 6.55. The smallest absolute Gasteiger partial charge is 0.0634 e. The Labute approximate surface area is 137 Å². The summed E-state index contributed by atoms with van der Waals surface area (Å²) in [6, 6.07) is 26.7. The second-order valence-corrected chi connectivity index (χ2v) is 5.55. The van der Waals surface area contributed by atoms with Crippen LogP contribution >= 0.6 is 0 Å². The number of benzene rings is 3. The monoisotopic (exact) mass is 300 g/mol. The highest BCUT2D eigenvalue weighted by atomic mass is 14.9. The van der Waals surface area contributed by atoms with Crippen molar-refractivity contribution in [2.75, 3.05) is 5.32 Å². The molecule has 0 heterocycles. The van der Waals surface area contributed by atoms with Crippen LogP contribution in [-0.2, 0) is 0 Å². The standard InChI is InChI=1S/C21H20N2/c1-16-8-6-7-11-21(16)23-20-14-12-19(13-15-20)22-17(2)18-9-4-3-5-10-18/h3-15,23H,1-2H3. The molecule has 0 radical (unpaired) electrons. The lowest BCUT2D eigenvalue weighted by atomic mass is 10.1. The van der Waals surface area contributed by atoms with Gasteiger partial charge in [-0.1, -0.05) is 48.5 Å². The van der Waals surface area contributed by atoms with Gasteiger partial charge in [0.05, 0.1) is 5.69 Å². The molecule has 114 valence electrons. The summed E-state index contributed by atoms with van der Waals surface area (Å²) in [4.78, 5) is 4.68. The molecule has 3 rings (SSSR count). The molecule has 2 nitrogen and oxygen atoms in total. The highest BCUT2D eigenvalue weighted by Crippen LogP contribution is 2.23. The van der Waals surface area contributed by atoms with Gasteiger partial charge < -0.3 is 5.32 Å². The Hall–Kier alpha value is -2.87. The molecular formula is C21H20N2. The van der Waals surface area contributed by atoms with Crippen LogP contribution in [0.15, 0.2) is 83.9 Å². The molecule has 0 aliphatic heterocycles. The molecule has 3 aromatic rings.